The molecule has 0 aliphatic carbocycles. The SMILES string of the molecule is CCCN1CCN(c2nc(C(C)C)nc(N(C)C)n2)CC1. The van der Waals surface area contributed by atoms with Crippen LogP contribution in [0.3, 0.4) is 0 Å². The van der Waals surface area contributed by atoms with Crippen LogP contribution in [-0.2, 0) is 0 Å². The average Bonchev–Trinajstić information content (AvgIpc) is 2.47. The summed E-state index contributed by atoms with van der Waals surface area (Å²) < 4.78 is 0. The number of anilines is 2. The van der Waals surface area contributed by atoms with Crippen LogP contribution in [0, 0.1) is 0 Å². The van der Waals surface area contributed by atoms with E-state index in [1.165, 1.54) is 13.0 Å². The monoisotopic (exact) mass is 292 g/mol. The molecule has 6 nitrogen and oxygen atoms in total. The predicted octanol–water partition coefficient (Wildman–Crippen LogP) is 1.59. The van der Waals surface area contributed by atoms with Crippen LogP contribution < -0.4 is 9.80 Å². The molecule has 0 spiro atoms. The molecule has 0 bridgehead atoms. The molecule has 6 heteroatoms. The van der Waals surface area contributed by atoms with Crippen molar-refractivity contribution in [2.75, 3.05) is 56.6 Å². The van der Waals surface area contributed by atoms with Gasteiger partial charge in [0.25, 0.3) is 0 Å². The Morgan fingerprint density at radius 2 is 1.71 bits per heavy atom. The van der Waals surface area contributed by atoms with E-state index in [0.717, 1.165) is 43.9 Å². The van der Waals surface area contributed by atoms with E-state index in [9.17, 15) is 0 Å². The first-order chi connectivity index (χ1) is 10.0. The zero-order valence-corrected chi connectivity index (χ0v) is 14.0. The smallest absolute Gasteiger partial charge is 0.230 e. The molecule has 2 rings (SSSR count). The molecule has 0 radical (unpaired) electrons. The summed E-state index contributed by atoms with van der Waals surface area (Å²) in [5.74, 6) is 2.76. The summed E-state index contributed by atoms with van der Waals surface area (Å²) in [7, 11) is 3.95. The molecule has 0 unspecified atom stereocenters. The van der Waals surface area contributed by atoms with Gasteiger partial charge in [0.2, 0.25) is 11.9 Å². The lowest BCUT2D eigenvalue weighted by molar-refractivity contribution is 0.257. The van der Waals surface area contributed by atoms with Crippen LogP contribution in [0.1, 0.15) is 38.9 Å². The van der Waals surface area contributed by atoms with Gasteiger partial charge >= 0.3 is 0 Å². The summed E-state index contributed by atoms with van der Waals surface area (Å²) >= 11 is 0. The van der Waals surface area contributed by atoms with Crippen molar-refractivity contribution in [2.24, 2.45) is 0 Å². The highest BCUT2D eigenvalue weighted by Gasteiger charge is 2.20. The van der Waals surface area contributed by atoms with Crippen molar-refractivity contribution >= 4 is 11.9 Å². The third-order valence-electron chi connectivity index (χ3n) is 3.74. The molecule has 1 saturated heterocycles. The molecule has 0 N–H and O–H groups in total. The van der Waals surface area contributed by atoms with Crippen molar-refractivity contribution in [3.05, 3.63) is 5.82 Å². The molecule has 0 aromatic carbocycles. The zero-order chi connectivity index (χ0) is 15.4. The van der Waals surface area contributed by atoms with Crippen molar-refractivity contribution in [3.8, 4) is 0 Å². The molecule has 1 aromatic rings. The maximum atomic E-state index is 4.67. The lowest BCUT2D eigenvalue weighted by Crippen LogP contribution is -2.47. The Hall–Kier alpha value is -1.43. The highest BCUT2D eigenvalue weighted by molar-refractivity contribution is 5.39. The van der Waals surface area contributed by atoms with Gasteiger partial charge in [-0.25, -0.2) is 0 Å². The molecule has 1 aliphatic heterocycles. The topological polar surface area (TPSA) is 48.4 Å². The third-order valence-corrected chi connectivity index (χ3v) is 3.74. The average molecular weight is 292 g/mol. The quantitative estimate of drug-likeness (QED) is 0.821. The lowest BCUT2D eigenvalue weighted by atomic mass is 10.2. The molecule has 1 aromatic heterocycles. The van der Waals surface area contributed by atoms with E-state index in [2.05, 4.69) is 45.5 Å². The van der Waals surface area contributed by atoms with E-state index in [0.29, 0.717) is 5.92 Å². The maximum Gasteiger partial charge on any atom is 0.230 e. The Labute approximate surface area is 128 Å². The Morgan fingerprint density at radius 3 is 2.24 bits per heavy atom. The summed E-state index contributed by atoms with van der Waals surface area (Å²) in [5, 5.41) is 0. The van der Waals surface area contributed by atoms with Crippen LogP contribution in [0.4, 0.5) is 11.9 Å². The van der Waals surface area contributed by atoms with Crippen molar-refractivity contribution in [1.29, 1.82) is 0 Å². The largest absolute Gasteiger partial charge is 0.347 e. The fourth-order valence-electron chi connectivity index (χ4n) is 2.46. The van der Waals surface area contributed by atoms with E-state index in [1.807, 2.05) is 19.0 Å². The standard InChI is InChI=1S/C15H28N6/c1-6-7-20-8-10-21(11-9-20)15-17-13(12(2)3)16-14(18-15)19(4)5/h12H,6-11H2,1-5H3. The Kier molecular flexibility index (Phi) is 5.33. The first-order valence-corrected chi connectivity index (χ1v) is 7.91. The fraction of sp³-hybridized carbons (Fsp3) is 0.800. The van der Waals surface area contributed by atoms with E-state index in [1.54, 1.807) is 0 Å². The number of nitrogens with zero attached hydrogens (tertiary/aromatic N) is 6. The molecule has 118 valence electrons. The van der Waals surface area contributed by atoms with Gasteiger partial charge in [0.15, 0.2) is 0 Å². The molecular weight excluding hydrogens is 264 g/mol. The van der Waals surface area contributed by atoms with Crippen LogP contribution in [0.15, 0.2) is 0 Å². The van der Waals surface area contributed by atoms with Crippen LogP contribution in [0.2, 0.25) is 0 Å². The summed E-state index contributed by atoms with van der Waals surface area (Å²) in [5.41, 5.74) is 0. The highest BCUT2D eigenvalue weighted by Crippen LogP contribution is 2.18. The predicted molar refractivity (Wildman–Crippen MR) is 87.2 cm³/mol. The molecular formula is C15H28N6. The second-order valence-corrected chi connectivity index (χ2v) is 6.17. The third kappa shape index (κ3) is 4.03. The first-order valence-electron chi connectivity index (χ1n) is 7.91. The van der Waals surface area contributed by atoms with E-state index >= 15 is 0 Å². The van der Waals surface area contributed by atoms with Gasteiger partial charge in [-0.05, 0) is 13.0 Å². The summed E-state index contributed by atoms with van der Waals surface area (Å²) in [6.45, 7) is 11.8. The van der Waals surface area contributed by atoms with Gasteiger partial charge in [0, 0.05) is 46.2 Å². The van der Waals surface area contributed by atoms with Crippen molar-refractivity contribution in [1.82, 2.24) is 19.9 Å². The number of hydrogen-bond donors (Lipinski definition) is 0. The maximum absolute atomic E-state index is 4.67. The molecule has 1 fully saturated rings. The number of rotatable bonds is 5. The van der Waals surface area contributed by atoms with Crippen LogP contribution >= 0.6 is 0 Å². The normalized spacial score (nSPS) is 16.6. The molecule has 0 atom stereocenters. The lowest BCUT2D eigenvalue weighted by Gasteiger charge is -2.34. The summed E-state index contributed by atoms with van der Waals surface area (Å²) in [6.07, 6.45) is 1.22. The van der Waals surface area contributed by atoms with Crippen LogP contribution in [-0.4, -0.2) is 66.7 Å². The second kappa shape index (κ2) is 7.02. The first kappa shape index (κ1) is 15.9. The minimum absolute atomic E-state index is 0.312. The molecule has 2 heterocycles. The minimum atomic E-state index is 0.312. The fourth-order valence-corrected chi connectivity index (χ4v) is 2.46. The van der Waals surface area contributed by atoms with E-state index in [4.69, 9.17) is 0 Å². The number of aromatic nitrogens is 3. The van der Waals surface area contributed by atoms with Gasteiger partial charge in [-0.2, -0.15) is 15.0 Å². The van der Waals surface area contributed by atoms with Crippen LogP contribution in [0.5, 0.6) is 0 Å². The second-order valence-electron chi connectivity index (χ2n) is 6.17. The van der Waals surface area contributed by atoms with Gasteiger partial charge in [-0.15, -0.1) is 0 Å². The van der Waals surface area contributed by atoms with Crippen LogP contribution in [0.25, 0.3) is 0 Å². The van der Waals surface area contributed by atoms with Gasteiger partial charge in [0.1, 0.15) is 5.82 Å². The van der Waals surface area contributed by atoms with Crippen molar-refractivity contribution in [3.63, 3.8) is 0 Å². The summed E-state index contributed by atoms with van der Waals surface area (Å²) in [4.78, 5) is 20.6. The van der Waals surface area contributed by atoms with Gasteiger partial charge < -0.3 is 9.80 Å². The Balaban J connectivity index is 2.16. The molecule has 0 saturated carbocycles. The Morgan fingerprint density at radius 1 is 1.05 bits per heavy atom. The van der Waals surface area contributed by atoms with E-state index < -0.39 is 0 Å². The minimum Gasteiger partial charge on any atom is -0.347 e. The van der Waals surface area contributed by atoms with Gasteiger partial charge in [-0.3, -0.25) is 4.90 Å². The van der Waals surface area contributed by atoms with E-state index in [-0.39, 0.29) is 0 Å². The molecule has 1 aliphatic rings. The summed E-state index contributed by atoms with van der Waals surface area (Å²) in [6, 6.07) is 0. The zero-order valence-electron chi connectivity index (χ0n) is 14.0. The Bertz CT molecular complexity index is 425. The number of hydrogen-bond acceptors (Lipinski definition) is 6. The van der Waals surface area contributed by atoms with Crippen molar-refractivity contribution in [2.45, 2.75) is 33.1 Å². The van der Waals surface area contributed by atoms with Gasteiger partial charge in [-0.1, -0.05) is 20.8 Å². The molecule has 0 amide bonds. The number of piperazine rings is 1. The van der Waals surface area contributed by atoms with Crippen molar-refractivity contribution < 1.29 is 0 Å². The highest BCUT2D eigenvalue weighted by atomic mass is 15.4. The molecule has 21 heavy (non-hydrogen) atoms. The van der Waals surface area contributed by atoms with Gasteiger partial charge in [0.05, 0.1) is 0 Å².